The molecule has 0 aliphatic rings. The number of rotatable bonds is 7. The molecule has 3 N–H and O–H groups in total. The van der Waals surface area contributed by atoms with Crippen LogP contribution in [0.5, 0.6) is 0 Å². The summed E-state index contributed by atoms with van der Waals surface area (Å²) in [7, 11) is 0. The second-order valence-electron chi connectivity index (χ2n) is 7.79. The van der Waals surface area contributed by atoms with Crippen molar-refractivity contribution in [3.8, 4) is 0 Å². The number of benzene rings is 3. The first-order chi connectivity index (χ1) is 16.5. The number of carbonyl (C=O) groups excluding carboxylic acids is 2. The molecule has 1 aromatic heterocycles. The number of ether oxygens (including phenoxy) is 1. The number of hydrogen-bond acceptors (Lipinski definition) is 3. The fraction of sp³-hybridized carbons (Fsp3) is 0.148. The highest BCUT2D eigenvalue weighted by atomic mass is 16.5. The molecule has 1 heterocycles. The van der Waals surface area contributed by atoms with Gasteiger partial charge in [-0.3, -0.25) is 4.79 Å². The van der Waals surface area contributed by atoms with Crippen molar-refractivity contribution in [1.29, 1.82) is 0 Å². The predicted octanol–water partition coefficient (Wildman–Crippen LogP) is 4.87. The Morgan fingerprint density at radius 1 is 0.912 bits per heavy atom. The number of para-hydroxylation sites is 1. The van der Waals surface area contributed by atoms with Crippen LogP contribution in [-0.2, 0) is 17.8 Å². The topological polar surface area (TPSA) is 101 Å². The largest absolute Gasteiger partial charge is 0.448 e. The first-order valence-corrected chi connectivity index (χ1v) is 11.0. The van der Waals surface area contributed by atoms with E-state index in [4.69, 9.17) is 10.5 Å². The molecule has 7 heteroatoms. The van der Waals surface area contributed by atoms with E-state index < -0.39 is 6.09 Å². The van der Waals surface area contributed by atoms with Gasteiger partial charge in [-0.15, -0.1) is 0 Å². The molecule has 0 aliphatic carbocycles. The van der Waals surface area contributed by atoms with Crippen molar-refractivity contribution >= 4 is 28.7 Å². The van der Waals surface area contributed by atoms with E-state index in [1.807, 2.05) is 71.6 Å². The summed E-state index contributed by atoms with van der Waals surface area (Å²) in [5, 5.41) is 0.892. The number of hydrogen-bond donors (Lipinski definition) is 2. The van der Waals surface area contributed by atoms with Gasteiger partial charge in [-0.2, -0.15) is 4.99 Å². The lowest BCUT2D eigenvalue weighted by atomic mass is 10.1. The number of H-pyrrole nitrogens is 1. The Morgan fingerprint density at radius 2 is 1.56 bits per heavy atom. The number of nitrogens with two attached hydrogens (primary N) is 1. The quantitative estimate of drug-likeness (QED) is 0.307. The maximum atomic E-state index is 13.6. The molecular weight excluding hydrogens is 428 g/mol. The third-order valence-corrected chi connectivity index (χ3v) is 5.43. The summed E-state index contributed by atoms with van der Waals surface area (Å²) in [4.78, 5) is 33.9. The first kappa shape index (κ1) is 22.8. The Labute approximate surface area is 197 Å². The van der Waals surface area contributed by atoms with E-state index in [2.05, 4.69) is 9.98 Å². The lowest BCUT2D eigenvalue weighted by Gasteiger charge is -2.23. The van der Waals surface area contributed by atoms with Gasteiger partial charge < -0.3 is 20.4 Å². The molecule has 2 amide bonds. The number of nitrogens with zero attached hydrogens (tertiary/aromatic N) is 2. The Kier molecular flexibility index (Phi) is 7.03. The van der Waals surface area contributed by atoms with Crippen LogP contribution in [0.4, 0.5) is 4.79 Å². The maximum absolute atomic E-state index is 13.6. The monoisotopic (exact) mass is 454 g/mol. The Hall–Kier alpha value is -4.39. The van der Waals surface area contributed by atoms with Gasteiger partial charge in [0.25, 0.3) is 5.91 Å². The molecule has 3 aromatic carbocycles. The highest BCUT2D eigenvalue weighted by Crippen LogP contribution is 2.22. The van der Waals surface area contributed by atoms with Gasteiger partial charge in [-0.25, -0.2) is 4.79 Å². The van der Waals surface area contributed by atoms with E-state index in [0.717, 1.165) is 22.0 Å². The number of aromatic amines is 1. The van der Waals surface area contributed by atoms with Gasteiger partial charge in [0.2, 0.25) is 0 Å². The van der Waals surface area contributed by atoms with Gasteiger partial charge in [0.05, 0.1) is 12.2 Å². The normalized spacial score (nSPS) is 11.4. The van der Waals surface area contributed by atoms with E-state index >= 15 is 0 Å². The second-order valence-corrected chi connectivity index (χ2v) is 7.79. The molecular formula is C27H26N4O3. The van der Waals surface area contributed by atoms with Crippen molar-refractivity contribution in [2.24, 2.45) is 10.7 Å². The number of aliphatic imine (C=N–C) groups is 1. The summed E-state index contributed by atoms with van der Waals surface area (Å²) < 4.78 is 4.81. The fourth-order valence-electron chi connectivity index (χ4n) is 3.74. The maximum Gasteiger partial charge on any atom is 0.435 e. The van der Waals surface area contributed by atoms with Crippen LogP contribution in [0.3, 0.4) is 0 Å². The van der Waals surface area contributed by atoms with Crippen molar-refractivity contribution in [2.75, 3.05) is 6.61 Å². The van der Waals surface area contributed by atoms with Crippen molar-refractivity contribution in [3.05, 3.63) is 107 Å². The summed E-state index contributed by atoms with van der Waals surface area (Å²) in [6.45, 7) is 2.81. The number of carbonyl (C=O) groups is 2. The van der Waals surface area contributed by atoms with Crippen LogP contribution in [0.25, 0.3) is 10.9 Å². The highest BCUT2D eigenvalue weighted by Gasteiger charge is 2.20. The molecule has 0 atom stereocenters. The highest BCUT2D eigenvalue weighted by molar-refractivity contribution is 6.06. The number of amidine groups is 1. The van der Waals surface area contributed by atoms with Gasteiger partial charge in [0.1, 0.15) is 5.84 Å². The lowest BCUT2D eigenvalue weighted by molar-refractivity contribution is 0.0732. The molecule has 0 unspecified atom stereocenters. The van der Waals surface area contributed by atoms with E-state index in [-0.39, 0.29) is 18.3 Å². The molecule has 172 valence electrons. The summed E-state index contributed by atoms with van der Waals surface area (Å²) in [6.07, 6.45) is 1.04. The minimum Gasteiger partial charge on any atom is -0.448 e. The summed E-state index contributed by atoms with van der Waals surface area (Å²) in [6, 6.07) is 25.0. The number of fused-ring (bicyclic) bond motifs is 1. The van der Waals surface area contributed by atoms with Crippen molar-refractivity contribution in [2.45, 2.75) is 20.0 Å². The Bertz CT molecular complexity index is 1310. The van der Waals surface area contributed by atoms with Crippen LogP contribution in [0.1, 0.15) is 34.0 Å². The van der Waals surface area contributed by atoms with Gasteiger partial charge in [0, 0.05) is 35.8 Å². The van der Waals surface area contributed by atoms with E-state index in [1.54, 1.807) is 25.3 Å². The van der Waals surface area contributed by atoms with Crippen LogP contribution in [0.2, 0.25) is 0 Å². The average Bonchev–Trinajstić information content (AvgIpc) is 3.28. The molecule has 0 saturated carbocycles. The number of amides is 2. The molecule has 34 heavy (non-hydrogen) atoms. The van der Waals surface area contributed by atoms with Crippen LogP contribution >= 0.6 is 0 Å². The zero-order chi connectivity index (χ0) is 23.9. The SMILES string of the molecule is CCOC(=O)N=C(N)c1ccc(CN(Cc2ccccc2)C(=O)c2c[nH]c3ccccc23)cc1. The van der Waals surface area contributed by atoms with Crippen LogP contribution in [0, 0.1) is 0 Å². The molecule has 0 radical (unpaired) electrons. The van der Waals surface area contributed by atoms with Crippen molar-refractivity contribution in [1.82, 2.24) is 9.88 Å². The van der Waals surface area contributed by atoms with Crippen molar-refractivity contribution in [3.63, 3.8) is 0 Å². The second kappa shape index (κ2) is 10.5. The Morgan fingerprint density at radius 3 is 2.26 bits per heavy atom. The molecule has 4 rings (SSSR count). The van der Waals surface area contributed by atoms with Crippen LogP contribution in [0.15, 0.2) is 90.1 Å². The molecule has 4 aromatic rings. The third kappa shape index (κ3) is 5.32. The molecule has 0 saturated heterocycles. The minimum absolute atomic E-state index is 0.0613. The average molecular weight is 455 g/mol. The van der Waals surface area contributed by atoms with Crippen LogP contribution < -0.4 is 5.73 Å². The van der Waals surface area contributed by atoms with E-state index in [0.29, 0.717) is 24.2 Å². The summed E-state index contributed by atoms with van der Waals surface area (Å²) in [5.41, 5.74) is 10.1. The molecule has 0 fully saturated rings. The molecule has 0 spiro atoms. The van der Waals surface area contributed by atoms with E-state index in [1.165, 1.54) is 0 Å². The first-order valence-electron chi connectivity index (χ1n) is 11.0. The van der Waals surface area contributed by atoms with Gasteiger partial charge in [-0.05, 0) is 24.1 Å². The zero-order valence-corrected chi connectivity index (χ0v) is 18.9. The van der Waals surface area contributed by atoms with Gasteiger partial charge in [-0.1, -0.05) is 72.8 Å². The Balaban J connectivity index is 1.58. The predicted molar refractivity (Wildman–Crippen MR) is 133 cm³/mol. The fourth-order valence-corrected chi connectivity index (χ4v) is 3.74. The minimum atomic E-state index is -0.720. The third-order valence-electron chi connectivity index (χ3n) is 5.43. The van der Waals surface area contributed by atoms with Crippen molar-refractivity contribution < 1.29 is 14.3 Å². The van der Waals surface area contributed by atoms with Crippen LogP contribution in [-0.4, -0.2) is 34.3 Å². The van der Waals surface area contributed by atoms with Gasteiger partial charge >= 0.3 is 6.09 Å². The summed E-state index contributed by atoms with van der Waals surface area (Å²) in [5.74, 6) is 0.0229. The van der Waals surface area contributed by atoms with Gasteiger partial charge in [0.15, 0.2) is 0 Å². The number of nitrogens with one attached hydrogen (secondary N) is 1. The molecule has 0 bridgehead atoms. The molecule has 7 nitrogen and oxygen atoms in total. The lowest BCUT2D eigenvalue weighted by Crippen LogP contribution is -2.30. The molecule has 0 aliphatic heterocycles. The van der Waals surface area contributed by atoms with E-state index in [9.17, 15) is 9.59 Å². The number of aromatic nitrogens is 1. The standard InChI is InChI=1S/C27H26N4O3/c1-2-34-27(33)30-25(28)21-14-12-20(13-15-21)18-31(17-19-8-4-3-5-9-19)26(32)23-16-29-24-11-7-6-10-22(23)24/h3-16,29H,2,17-18H2,1H3,(H2,28,30,33). The smallest absolute Gasteiger partial charge is 0.435 e. The summed E-state index contributed by atoms with van der Waals surface area (Å²) >= 11 is 0. The zero-order valence-electron chi connectivity index (χ0n) is 18.9.